The first-order valence-corrected chi connectivity index (χ1v) is 9.48. The van der Waals surface area contributed by atoms with Crippen molar-refractivity contribution in [3.63, 3.8) is 0 Å². The van der Waals surface area contributed by atoms with Gasteiger partial charge in [0.2, 0.25) is 0 Å². The molecule has 0 saturated heterocycles. The third kappa shape index (κ3) is 7.04. The lowest BCUT2D eigenvalue weighted by atomic mass is 9.87. The minimum atomic E-state index is -0.0645. The van der Waals surface area contributed by atoms with E-state index < -0.39 is 0 Å². The standard InChI is InChI=1S/C20H33N3O2/c1-16(23(2)14-17-6-4-3-5-7-17)12-13-21-20(25)22-19-10-8-18(15-24)9-11-19/h3-7,16,18-19,24H,8-15H2,1-2H3,(H2,21,22,25). The Bertz CT molecular complexity index is 501. The molecule has 1 aliphatic rings. The molecule has 1 aromatic carbocycles. The zero-order chi connectivity index (χ0) is 18.1. The van der Waals surface area contributed by atoms with Crippen LogP contribution >= 0.6 is 0 Å². The zero-order valence-corrected chi connectivity index (χ0v) is 15.6. The fourth-order valence-electron chi connectivity index (χ4n) is 3.37. The maximum absolute atomic E-state index is 12.0. The van der Waals surface area contributed by atoms with Crippen molar-refractivity contribution in [1.82, 2.24) is 15.5 Å². The molecule has 0 heterocycles. The van der Waals surface area contributed by atoms with Crippen molar-refractivity contribution >= 4 is 6.03 Å². The molecular formula is C20H33N3O2. The molecule has 0 radical (unpaired) electrons. The van der Waals surface area contributed by atoms with Crippen LogP contribution in [0.5, 0.6) is 0 Å². The number of rotatable bonds is 8. The summed E-state index contributed by atoms with van der Waals surface area (Å²) in [6, 6.07) is 11.0. The largest absolute Gasteiger partial charge is 0.396 e. The van der Waals surface area contributed by atoms with E-state index in [0.717, 1.165) is 38.6 Å². The van der Waals surface area contributed by atoms with Gasteiger partial charge in [0.05, 0.1) is 0 Å². The van der Waals surface area contributed by atoms with Gasteiger partial charge >= 0.3 is 6.03 Å². The van der Waals surface area contributed by atoms with E-state index in [-0.39, 0.29) is 18.7 Å². The molecule has 25 heavy (non-hydrogen) atoms. The Hall–Kier alpha value is -1.59. The van der Waals surface area contributed by atoms with E-state index >= 15 is 0 Å². The van der Waals surface area contributed by atoms with Crippen molar-refractivity contribution in [2.45, 2.75) is 57.7 Å². The lowest BCUT2D eigenvalue weighted by Gasteiger charge is -2.28. The first-order chi connectivity index (χ1) is 12.1. The van der Waals surface area contributed by atoms with Crippen LogP contribution in [0.25, 0.3) is 0 Å². The van der Waals surface area contributed by atoms with Crippen LogP contribution in [0.1, 0.15) is 44.6 Å². The van der Waals surface area contributed by atoms with Crippen LogP contribution in [0.2, 0.25) is 0 Å². The number of carbonyl (C=O) groups is 1. The molecule has 0 bridgehead atoms. The Morgan fingerprint density at radius 1 is 1.24 bits per heavy atom. The molecule has 1 atom stereocenters. The van der Waals surface area contributed by atoms with Gasteiger partial charge in [-0.25, -0.2) is 4.79 Å². The summed E-state index contributed by atoms with van der Waals surface area (Å²) in [6.07, 6.45) is 4.86. The fraction of sp³-hybridized carbons (Fsp3) is 0.650. The second kappa shape index (κ2) is 10.4. The average Bonchev–Trinajstić information content (AvgIpc) is 2.63. The van der Waals surface area contributed by atoms with Crippen molar-refractivity contribution in [1.29, 1.82) is 0 Å². The average molecular weight is 348 g/mol. The molecule has 0 aliphatic heterocycles. The Morgan fingerprint density at radius 3 is 2.56 bits per heavy atom. The Labute approximate surface area is 151 Å². The summed E-state index contributed by atoms with van der Waals surface area (Å²) >= 11 is 0. The van der Waals surface area contributed by atoms with Gasteiger partial charge in [0.1, 0.15) is 0 Å². The number of nitrogens with zero attached hydrogens (tertiary/aromatic N) is 1. The summed E-state index contributed by atoms with van der Waals surface area (Å²) < 4.78 is 0. The van der Waals surface area contributed by atoms with Crippen molar-refractivity contribution in [2.24, 2.45) is 5.92 Å². The van der Waals surface area contributed by atoms with Crippen LogP contribution in [0, 0.1) is 5.92 Å². The first kappa shape index (κ1) is 19.7. The predicted octanol–water partition coefficient (Wildman–Crippen LogP) is 2.75. The number of hydrogen-bond acceptors (Lipinski definition) is 3. The van der Waals surface area contributed by atoms with Crippen molar-refractivity contribution in [3.05, 3.63) is 35.9 Å². The summed E-state index contributed by atoms with van der Waals surface area (Å²) in [7, 11) is 2.12. The van der Waals surface area contributed by atoms with Crippen LogP contribution < -0.4 is 10.6 Å². The maximum Gasteiger partial charge on any atom is 0.315 e. The molecule has 2 rings (SSSR count). The van der Waals surface area contributed by atoms with Gasteiger partial charge in [-0.1, -0.05) is 30.3 Å². The molecule has 5 nitrogen and oxygen atoms in total. The summed E-state index contributed by atoms with van der Waals surface area (Å²) in [5.74, 6) is 0.419. The van der Waals surface area contributed by atoms with E-state index in [1.165, 1.54) is 5.56 Å². The quantitative estimate of drug-likeness (QED) is 0.677. The SMILES string of the molecule is CC(CCNC(=O)NC1CCC(CO)CC1)N(C)Cc1ccccc1. The van der Waals surface area contributed by atoms with E-state index in [2.05, 4.69) is 53.8 Å². The monoisotopic (exact) mass is 347 g/mol. The Balaban J connectivity index is 1.60. The molecular weight excluding hydrogens is 314 g/mol. The van der Waals surface area contributed by atoms with Gasteiger partial charge in [-0.15, -0.1) is 0 Å². The van der Waals surface area contributed by atoms with Crippen LogP contribution in [0.15, 0.2) is 30.3 Å². The van der Waals surface area contributed by atoms with Crippen LogP contribution in [0.3, 0.4) is 0 Å². The molecule has 0 spiro atoms. The number of hydrogen-bond donors (Lipinski definition) is 3. The van der Waals surface area contributed by atoms with Gasteiger partial charge < -0.3 is 15.7 Å². The number of nitrogens with one attached hydrogen (secondary N) is 2. The summed E-state index contributed by atoms with van der Waals surface area (Å²) in [6.45, 7) is 4.06. The smallest absolute Gasteiger partial charge is 0.315 e. The minimum Gasteiger partial charge on any atom is -0.396 e. The molecule has 0 aromatic heterocycles. The highest BCUT2D eigenvalue weighted by molar-refractivity contribution is 5.74. The number of amides is 2. The van der Waals surface area contributed by atoms with E-state index in [1.54, 1.807) is 0 Å². The fourth-order valence-corrected chi connectivity index (χ4v) is 3.37. The van der Waals surface area contributed by atoms with Crippen molar-refractivity contribution < 1.29 is 9.90 Å². The number of benzene rings is 1. The number of urea groups is 1. The predicted molar refractivity (Wildman–Crippen MR) is 101 cm³/mol. The molecule has 140 valence electrons. The van der Waals surface area contributed by atoms with E-state index in [9.17, 15) is 4.79 Å². The van der Waals surface area contributed by atoms with Crippen LogP contribution in [0.4, 0.5) is 4.79 Å². The van der Waals surface area contributed by atoms with E-state index in [0.29, 0.717) is 18.5 Å². The topological polar surface area (TPSA) is 64.6 Å². The summed E-state index contributed by atoms with van der Waals surface area (Å²) in [5.41, 5.74) is 1.31. The number of aliphatic hydroxyl groups is 1. The molecule has 1 aromatic rings. The normalized spacial score (nSPS) is 21.8. The molecule has 1 aliphatic carbocycles. The highest BCUT2D eigenvalue weighted by Crippen LogP contribution is 2.23. The third-order valence-corrected chi connectivity index (χ3v) is 5.32. The minimum absolute atomic E-state index is 0.0645. The van der Waals surface area contributed by atoms with Crippen molar-refractivity contribution in [2.75, 3.05) is 20.2 Å². The van der Waals surface area contributed by atoms with E-state index in [1.807, 2.05) is 6.07 Å². The zero-order valence-electron chi connectivity index (χ0n) is 15.6. The number of aliphatic hydroxyl groups excluding tert-OH is 1. The van der Waals surface area contributed by atoms with Crippen molar-refractivity contribution in [3.8, 4) is 0 Å². The lowest BCUT2D eigenvalue weighted by molar-refractivity contribution is 0.174. The highest BCUT2D eigenvalue weighted by atomic mass is 16.3. The van der Waals surface area contributed by atoms with Gasteiger partial charge in [-0.3, -0.25) is 4.90 Å². The molecule has 3 N–H and O–H groups in total. The molecule has 1 saturated carbocycles. The van der Waals surface area contributed by atoms with Gasteiger partial charge in [0, 0.05) is 31.8 Å². The van der Waals surface area contributed by atoms with Gasteiger partial charge in [-0.05, 0) is 57.6 Å². The van der Waals surface area contributed by atoms with E-state index in [4.69, 9.17) is 5.11 Å². The summed E-state index contributed by atoms with van der Waals surface area (Å²) in [4.78, 5) is 14.3. The van der Waals surface area contributed by atoms with Gasteiger partial charge in [0.25, 0.3) is 0 Å². The van der Waals surface area contributed by atoms with Gasteiger partial charge in [0.15, 0.2) is 0 Å². The Morgan fingerprint density at radius 2 is 1.92 bits per heavy atom. The third-order valence-electron chi connectivity index (χ3n) is 5.32. The maximum atomic E-state index is 12.0. The number of carbonyl (C=O) groups excluding carboxylic acids is 1. The molecule has 1 fully saturated rings. The molecule has 2 amide bonds. The lowest BCUT2D eigenvalue weighted by Crippen LogP contribution is -2.44. The Kier molecular flexibility index (Phi) is 8.22. The highest BCUT2D eigenvalue weighted by Gasteiger charge is 2.21. The molecule has 1 unspecified atom stereocenters. The van der Waals surface area contributed by atoms with Crippen LogP contribution in [-0.4, -0.2) is 48.3 Å². The molecule has 5 heteroatoms. The second-order valence-electron chi connectivity index (χ2n) is 7.34. The second-order valence-corrected chi connectivity index (χ2v) is 7.34. The first-order valence-electron chi connectivity index (χ1n) is 9.48. The van der Waals surface area contributed by atoms with Gasteiger partial charge in [-0.2, -0.15) is 0 Å². The summed E-state index contributed by atoms with van der Waals surface area (Å²) in [5, 5.41) is 15.2. The van der Waals surface area contributed by atoms with Crippen LogP contribution in [-0.2, 0) is 6.54 Å².